The van der Waals surface area contributed by atoms with Crippen molar-refractivity contribution in [3.8, 4) is 11.5 Å². The number of thioether (sulfide) groups is 1. The lowest BCUT2D eigenvalue weighted by Crippen LogP contribution is -2.28. The van der Waals surface area contributed by atoms with Crippen molar-refractivity contribution in [2.75, 3.05) is 11.5 Å². The fourth-order valence-corrected chi connectivity index (χ4v) is 3.01. The Bertz CT molecular complexity index is 627. The summed E-state index contributed by atoms with van der Waals surface area (Å²) in [5.41, 5.74) is 0.649. The zero-order valence-corrected chi connectivity index (χ0v) is 13.2. The van der Waals surface area contributed by atoms with Crippen LogP contribution in [0.1, 0.15) is 31.7 Å². The van der Waals surface area contributed by atoms with Crippen molar-refractivity contribution < 1.29 is 9.32 Å². The highest BCUT2D eigenvalue weighted by atomic mass is 32.2. The fourth-order valence-electron chi connectivity index (χ4n) is 1.96. The van der Waals surface area contributed by atoms with Crippen LogP contribution in [0.15, 0.2) is 28.9 Å². The second-order valence-electron chi connectivity index (χ2n) is 5.42. The van der Waals surface area contributed by atoms with Gasteiger partial charge in [0.2, 0.25) is 17.6 Å². The normalized spacial score (nSPS) is 15.5. The molecule has 0 spiro atoms. The van der Waals surface area contributed by atoms with E-state index in [0.29, 0.717) is 23.2 Å². The van der Waals surface area contributed by atoms with E-state index in [-0.39, 0.29) is 11.9 Å². The Morgan fingerprint density at radius 2 is 2.36 bits per heavy atom. The number of hydrogen-bond acceptors (Lipinski definition) is 6. The number of aromatic nitrogens is 3. The lowest BCUT2D eigenvalue weighted by molar-refractivity contribution is -0.119. The van der Waals surface area contributed by atoms with E-state index in [9.17, 15) is 4.79 Å². The number of hydrogen-bond donors (Lipinski definition) is 1. The second kappa shape index (κ2) is 6.91. The number of carbonyl (C=O) groups is 1. The molecule has 22 heavy (non-hydrogen) atoms. The van der Waals surface area contributed by atoms with Gasteiger partial charge >= 0.3 is 0 Å². The van der Waals surface area contributed by atoms with E-state index in [4.69, 9.17) is 4.52 Å². The largest absolute Gasteiger partial charge is 0.344 e. The maximum absolute atomic E-state index is 11.9. The smallest absolute Gasteiger partial charge is 0.249 e. The van der Waals surface area contributed by atoms with Gasteiger partial charge in [-0.3, -0.25) is 9.78 Å². The molecule has 2 heterocycles. The summed E-state index contributed by atoms with van der Waals surface area (Å²) in [7, 11) is 0. The summed E-state index contributed by atoms with van der Waals surface area (Å²) >= 11 is 1.68. The summed E-state index contributed by atoms with van der Waals surface area (Å²) in [6, 6.07) is 5.19. The van der Waals surface area contributed by atoms with E-state index < -0.39 is 0 Å². The molecule has 1 unspecified atom stereocenters. The van der Waals surface area contributed by atoms with Gasteiger partial charge in [0.25, 0.3) is 0 Å². The molecule has 1 fully saturated rings. The maximum atomic E-state index is 11.9. The van der Waals surface area contributed by atoms with Gasteiger partial charge < -0.3 is 9.84 Å². The van der Waals surface area contributed by atoms with E-state index in [1.807, 2.05) is 25.1 Å². The standard InChI is InChI=1S/C15H18N4O2S/c1-10(17-13(20)9-22-8-11-5-6-11)15-18-14(19-21-15)12-4-2-3-7-16-12/h2-4,7,10-11H,5-6,8-9H2,1H3,(H,17,20). The molecule has 0 bridgehead atoms. The van der Waals surface area contributed by atoms with Gasteiger partial charge in [-0.25, -0.2) is 0 Å². The summed E-state index contributed by atoms with van der Waals surface area (Å²) in [4.78, 5) is 20.3. The molecule has 0 aliphatic heterocycles. The van der Waals surface area contributed by atoms with Gasteiger partial charge in [0.1, 0.15) is 11.7 Å². The van der Waals surface area contributed by atoms with Crippen molar-refractivity contribution in [2.24, 2.45) is 5.92 Å². The average Bonchev–Trinajstić information content (AvgIpc) is 3.21. The maximum Gasteiger partial charge on any atom is 0.249 e. The quantitative estimate of drug-likeness (QED) is 0.844. The summed E-state index contributed by atoms with van der Waals surface area (Å²) in [5, 5.41) is 6.78. The number of amides is 1. The molecular weight excluding hydrogens is 300 g/mol. The molecule has 7 heteroatoms. The summed E-state index contributed by atoms with van der Waals surface area (Å²) in [6.07, 6.45) is 4.29. The third-order valence-electron chi connectivity index (χ3n) is 3.37. The Morgan fingerprint density at radius 3 is 3.09 bits per heavy atom. The molecule has 2 aromatic heterocycles. The lowest BCUT2D eigenvalue weighted by atomic mass is 10.3. The minimum absolute atomic E-state index is 0.00395. The van der Waals surface area contributed by atoms with Gasteiger partial charge in [0, 0.05) is 6.20 Å². The molecule has 3 rings (SSSR count). The number of pyridine rings is 1. The van der Waals surface area contributed by atoms with E-state index in [2.05, 4.69) is 20.4 Å². The molecule has 116 valence electrons. The van der Waals surface area contributed by atoms with Gasteiger partial charge in [-0.05, 0) is 43.6 Å². The minimum Gasteiger partial charge on any atom is -0.344 e. The van der Waals surface area contributed by atoms with Crippen LogP contribution in [0.5, 0.6) is 0 Å². The number of carbonyl (C=O) groups excluding carboxylic acids is 1. The Hall–Kier alpha value is -1.89. The second-order valence-corrected chi connectivity index (χ2v) is 6.45. The Balaban J connectivity index is 1.52. The summed E-state index contributed by atoms with van der Waals surface area (Å²) in [6.45, 7) is 1.83. The first kappa shape index (κ1) is 15.0. The molecule has 1 amide bonds. The van der Waals surface area contributed by atoms with E-state index in [1.165, 1.54) is 12.8 Å². The first-order chi connectivity index (χ1) is 10.7. The Kier molecular flexibility index (Phi) is 4.72. The molecule has 2 aromatic rings. The van der Waals surface area contributed by atoms with Crippen LogP contribution in [0.4, 0.5) is 0 Å². The van der Waals surface area contributed by atoms with Crippen LogP contribution in [0.2, 0.25) is 0 Å². The van der Waals surface area contributed by atoms with Crippen molar-refractivity contribution >= 4 is 17.7 Å². The first-order valence-electron chi connectivity index (χ1n) is 7.34. The highest BCUT2D eigenvalue weighted by molar-refractivity contribution is 7.99. The molecule has 1 atom stereocenters. The van der Waals surface area contributed by atoms with Crippen molar-refractivity contribution in [3.63, 3.8) is 0 Å². The molecule has 0 radical (unpaired) electrons. The van der Waals surface area contributed by atoms with Crippen molar-refractivity contribution in [3.05, 3.63) is 30.3 Å². The highest BCUT2D eigenvalue weighted by Gasteiger charge is 2.22. The number of rotatable bonds is 7. The third kappa shape index (κ3) is 4.07. The van der Waals surface area contributed by atoms with Crippen LogP contribution < -0.4 is 5.32 Å². The minimum atomic E-state index is -0.306. The highest BCUT2D eigenvalue weighted by Crippen LogP contribution is 2.32. The van der Waals surface area contributed by atoms with Crippen LogP contribution >= 0.6 is 11.8 Å². The van der Waals surface area contributed by atoms with Crippen LogP contribution in [0.3, 0.4) is 0 Å². The monoisotopic (exact) mass is 318 g/mol. The van der Waals surface area contributed by atoms with Gasteiger partial charge in [0.15, 0.2) is 0 Å². The van der Waals surface area contributed by atoms with Gasteiger partial charge in [-0.2, -0.15) is 16.7 Å². The molecule has 1 N–H and O–H groups in total. The predicted molar refractivity (Wildman–Crippen MR) is 84.1 cm³/mol. The molecule has 1 saturated carbocycles. The average molecular weight is 318 g/mol. The predicted octanol–water partition coefficient (Wildman–Crippen LogP) is 2.45. The lowest BCUT2D eigenvalue weighted by Gasteiger charge is -2.09. The van der Waals surface area contributed by atoms with Crippen molar-refractivity contribution in [2.45, 2.75) is 25.8 Å². The zero-order chi connectivity index (χ0) is 15.4. The number of nitrogens with one attached hydrogen (secondary N) is 1. The number of nitrogens with zero attached hydrogens (tertiary/aromatic N) is 3. The van der Waals surface area contributed by atoms with Crippen molar-refractivity contribution in [1.29, 1.82) is 0 Å². The van der Waals surface area contributed by atoms with Crippen molar-refractivity contribution in [1.82, 2.24) is 20.4 Å². The van der Waals surface area contributed by atoms with Crippen LogP contribution in [0, 0.1) is 5.92 Å². The third-order valence-corrected chi connectivity index (χ3v) is 4.54. The van der Waals surface area contributed by atoms with E-state index in [1.54, 1.807) is 18.0 Å². The SMILES string of the molecule is CC(NC(=O)CSCC1CC1)c1nc(-c2ccccn2)no1. The summed E-state index contributed by atoms with van der Waals surface area (Å²) < 4.78 is 5.21. The molecule has 0 aromatic carbocycles. The Labute approximate surface area is 133 Å². The Morgan fingerprint density at radius 1 is 1.50 bits per heavy atom. The van der Waals surface area contributed by atoms with Gasteiger partial charge in [0.05, 0.1) is 5.75 Å². The summed E-state index contributed by atoms with van der Waals surface area (Å²) in [5.74, 6) is 3.19. The van der Waals surface area contributed by atoms with E-state index in [0.717, 1.165) is 11.7 Å². The molecule has 1 aliphatic rings. The van der Waals surface area contributed by atoms with Crippen LogP contribution in [-0.4, -0.2) is 32.5 Å². The molecule has 1 aliphatic carbocycles. The topological polar surface area (TPSA) is 80.9 Å². The van der Waals surface area contributed by atoms with Crippen LogP contribution in [0.25, 0.3) is 11.5 Å². The molecule has 6 nitrogen and oxygen atoms in total. The first-order valence-corrected chi connectivity index (χ1v) is 8.50. The van der Waals surface area contributed by atoms with Gasteiger partial charge in [-0.1, -0.05) is 11.2 Å². The van der Waals surface area contributed by atoms with E-state index >= 15 is 0 Å². The van der Waals surface area contributed by atoms with Gasteiger partial charge in [-0.15, -0.1) is 0 Å². The molecule has 0 saturated heterocycles. The molecular formula is C15H18N4O2S. The van der Waals surface area contributed by atoms with Crippen LogP contribution in [-0.2, 0) is 4.79 Å². The zero-order valence-electron chi connectivity index (χ0n) is 12.4. The fraction of sp³-hybridized carbons (Fsp3) is 0.467.